The van der Waals surface area contributed by atoms with Crippen LogP contribution in [0, 0.1) is 40.6 Å². The van der Waals surface area contributed by atoms with Gasteiger partial charge in [-0.05, 0) is 35.4 Å². The number of pyridine rings is 1. The first-order valence-electron chi connectivity index (χ1n) is 13.1. The summed E-state index contributed by atoms with van der Waals surface area (Å²) in [5.41, 5.74) is 7.67. The van der Waals surface area contributed by atoms with Gasteiger partial charge in [-0.3, -0.25) is 0 Å². The second-order valence-electron chi connectivity index (χ2n) is 9.78. The lowest BCUT2D eigenvalue weighted by atomic mass is 9.90. The molecule has 43 heavy (non-hydrogen) atoms. The molecule has 0 radical (unpaired) electrons. The highest BCUT2D eigenvalue weighted by atomic mass is 32.1. The maximum Gasteiger partial charge on any atom is 0.194 e. The van der Waals surface area contributed by atoms with Crippen LogP contribution in [0.25, 0.3) is 71.1 Å². The zero-order valence-corrected chi connectivity index (χ0v) is 23.0. The second kappa shape index (κ2) is 10.2. The molecule has 0 N–H and O–H groups in total. The quantitative estimate of drug-likeness (QED) is 0.157. The van der Waals surface area contributed by atoms with Crippen molar-refractivity contribution in [3.63, 3.8) is 0 Å². The van der Waals surface area contributed by atoms with Crippen molar-refractivity contribution in [1.29, 1.82) is 15.8 Å². The van der Waals surface area contributed by atoms with Crippen molar-refractivity contribution >= 4 is 50.1 Å². The minimum absolute atomic E-state index is 0.244. The Morgan fingerprint density at radius 1 is 0.674 bits per heavy atom. The van der Waals surface area contributed by atoms with E-state index in [1.54, 1.807) is 6.07 Å². The van der Waals surface area contributed by atoms with Gasteiger partial charge in [0, 0.05) is 32.8 Å². The fourth-order valence-electron chi connectivity index (χ4n) is 5.59. The topological polar surface area (TPSA) is 114 Å². The first-order chi connectivity index (χ1) is 21.1. The molecule has 2 aromatic heterocycles. The summed E-state index contributed by atoms with van der Waals surface area (Å²) >= 11 is 1.12. The monoisotopic (exact) mass is 565 g/mol. The molecule has 0 amide bonds. The largest absolute Gasteiger partial charge is 0.247 e. The van der Waals surface area contributed by atoms with Gasteiger partial charge in [-0.15, -0.1) is 0 Å². The van der Waals surface area contributed by atoms with Crippen LogP contribution in [0.5, 0.6) is 0 Å². The van der Waals surface area contributed by atoms with Gasteiger partial charge in [0.15, 0.2) is 5.69 Å². The van der Waals surface area contributed by atoms with E-state index in [1.807, 2.05) is 78.9 Å². The molecule has 2 heterocycles. The number of nitriles is 3. The number of benzene rings is 5. The summed E-state index contributed by atoms with van der Waals surface area (Å²) in [6, 6.07) is 34.4. The minimum atomic E-state index is 0.244. The van der Waals surface area contributed by atoms with Gasteiger partial charge in [-0.25, -0.2) is 9.83 Å². The number of hydrogen-bond donors (Lipinski definition) is 0. The average molecular weight is 566 g/mol. The summed E-state index contributed by atoms with van der Waals surface area (Å²) < 4.78 is 9.40. The SMILES string of the molecule is [C-]#[N+]c1ccccc1-c1cc2c(-c3ccccc3)nc3cc(-c4c(C#N)cc(C#N)cc4C#N)ccc3c2c2nsnc12. The summed E-state index contributed by atoms with van der Waals surface area (Å²) in [5.74, 6) is 0. The van der Waals surface area contributed by atoms with Crippen LogP contribution < -0.4 is 0 Å². The Morgan fingerprint density at radius 2 is 1.40 bits per heavy atom. The third kappa shape index (κ3) is 4.04. The van der Waals surface area contributed by atoms with E-state index in [0.29, 0.717) is 33.4 Å². The number of hydrogen-bond acceptors (Lipinski definition) is 7. The molecule has 0 aliphatic heterocycles. The van der Waals surface area contributed by atoms with Crippen molar-refractivity contribution in [2.24, 2.45) is 0 Å². The summed E-state index contributed by atoms with van der Waals surface area (Å²) in [4.78, 5) is 8.90. The number of fused-ring (bicyclic) bond motifs is 5. The van der Waals surface area contributed by atoms with Crippen molar-refractivity contribution in [1.82, 2.24) is 13.7 Å². The summed E-state index contributed by atoms with van der Waals surface area (Å²) in [5, 5.41) is 31.8. The molecule has 0 atom stereocenters. The van der Waals surface area contributed by atoms with Gasteiger partial charge >= 0.3 is 0 Å². The van der Waals surface area contributed by atoms with Crippen molar-refractivity contribution in [2.75, 3.05) is 0 Å². The van der Waals surface area contributed by atoms with Crippen LogP contribution in [0.3, 0.4) is 0 Å². The lowest BCUT2D eigenvalue weighted by Crippen LogP contribution is -1.95. The molecule has 0 aliphatic carbocycles. The highest BCUT2D eigenvalue weighted by Gasteiger charge is 2.21. The summed E-state index contributed by atoms with van der Waals surface area (Å²) in [6.45, 7) is 7.75. The van der Waals surface area contributed by atoms with E-state index in [1.165, 1.54) is 12.1 Å². The van der Waals surface area contributed by atoms with Gasteiger partial charge < -0.3 is 0 Å². The maximum atomic E-state index is 9.90. The molecule has 8 heteroatoms. The molecular weight excluding hydrogens is 551 g/mol. The fourth-order valence-corrected chi connectivity index (χ4v) is 6.15. The van der Waals surface area contributed by atoms with Crippen molar-refractivity contribution in [3.8, 4) is 51.7 Å². The van der Waals surface area contributed by atoms with Gasteiger partial charge in [-0.1, -0.05) is 66.7 Å². The van der Waals surface area contributed by atoms with E-state index in [2.05, 4.69) is 21.4 Å². The van der Waals surface area contributed by atoms with Gasteiger partial charge in [0.05, 0.1) is 64.4 Å². The fraction of sp³-hybridized carbons (Fsp3) is 0. The Balaban J connectivity index is 1.61. The zero-order chi connectivity index (χ0) is 29.5. The average Bonchev–Trinajstić information content (AvgIpc) is 3.57. The lowest BCUT2D eigenvalue weighted by Gasteiger charge is -2.15. The van der Waals surface area contributed by atoms with Crippen molar-refractivity contribution in [2.45, 2.75) is 0 Å². The van der Waals surface area contributed by atoms with Gasteiger partial charge in [0.2, 0.25) is 0 Å². The van der Waals surface area contributed by atoms with Gasteiger partial charge in [0.25, 0.3) is 0 Å². The molecule has 7 aromatic rings. The molecule has 7 rings (SSSR count). The Bertz CT molecular complexity index is 2420. The molecule has 0 aliphatic rings. The van der Waals surface area contributed by atoms with Crippen LogP contribution in [-0.4, -0.2) is 13.7 Å². The van der Waals surface area contributed by atoms with Crippen LogP contribution >= 0.6 is 11.7 Å². The number of rotatable bonds is 3. The third-order valence-corrected chi connectivity index (χ3v) is 7.98. The number of para-hydroxylation sites is 1. The standard InChI is InChI=1S/C35H15N7S/c1-39-29-10-6-5-9-25(29)27-16-28-32(35-34(27)41-43-42-35)26-12-11-22(15-30(26)40-33(28)21-7-3-2-4-8-21)31-23(18-37)13-20(17-36)14-24(31)19-38/h2-16H. The van der Waals surface area contributed by atoms with Crippen LogP contribution in [0.15, 0.2) is 91.0 Å². The molecule has 5 aromatic carbocycles. The molecule has 0 spiro atoms. The zero-order valence-electron chi connectivity index (χ0n) is 22.2. The predicted molar refractivity (Wildman–Crippen MR) is 167 cm³/mol. The van der Waals surface area contributed by atoms with Crippen LogP contribution in [-0.2, 0) is 0 Å². The van der Waals surface area contributed by atoms with Crippen LogP contribution in [0.2, 0.25) is 0 Å². The lowest BCUT2D eigenvalue weighted by molar-refractivity contribution is 1.40. The van der Waals surface area contributed by atoms with E-state index < -0.39 is 0 Å². The molecule has 196 valence electrons. The molecule has 7 nitrogen and oxygen atoms in total. The summed E-state index contributed by atoms with van der Waals surface area (Å²) in [6.07, 6.45) is 0. The van der Waals surface area contributed by atoms with Crippen molar-refractivity contribution in [3.05, 3.63) is 119 Å². The molecule has 0 saturated carbocycles. The molecule has 0 unspecified atom stereocenters. The van der Waals surface area contributed by atoms with Crippen LogP contribution in [0.4, 0.5) is 5.69 Å². The Morgan fingerprint density at radius 3 is 2.12 bits per heavy atom. The van der Waals surface area contributed by atoms with E-state index in [-0.39, 0.29) is 16.7 Å². The predicted octanol–water partition coefficient (Wildman–Crippen LogP) is 8.56. The second-order valence-corrected chi connectivity index (χ2v) is 10.3. The third-order valence-electron chi connectivity index (χ3n) is 7.45. The molecule has 0 bridgehead atoms. The normalized spacial score (nSPS) is 10.7. The number of nitrogens with zero attached hydrogens (tertiary/aromatic N) is 7. The number of aromatic nitrogens is 3. The Kier molecular flexibility index (Phi) is 6.04. The minimum Gasteiger partial charge on any atom is -0.247 e. The summed E-state index contributed by atoms with van der Waals surface area (Å²) in [7, 11) is 0. The van der Waals surface area contributed by atoms with Gasteiger partial charge in [-0.2, -0.15) is 24.5 Å². The smallest absolute Gasteiger partial charge is 0.194 e. The first-order valence-corrected chi connectivity index (χ1v) is 13.8. The van der Waals surface area contributed by atoms with E-state index in [9.17, 15) is 15.8 Å². The molecular formula is C35H15N7S. The highest BCUT2D eigenvalue weighted by molar-refractivity contribution is 7.00. The van der Waals surface area contributed by atoms with E-state index in [0.717, 1.165) is 50.3 Å². The molecule has 0 saturated heterocycles. The van der Waals surface area contributed by atoms with E-state index >= 15 is 0 Å². The molecule has 0 fully saturated rings. The van der Waals surface area contributed by atoms with E-state index in [4.69, 9.17) is 15.9 Å². The maximum absolute atomic E-state index is 9.90. The van der Waals surface area contributed by atoms with Crippen LogP contribution in [0.1, 0.15) is 16.7 Å². The Hall–Kier alpha value is -6.45. The first kappa shape index (κ1) is 25.5. The van der Waals surface area contributed by atoms with Gasteiger partial charge in [0.1, 0.15) is 11.0 Å². The van der Waals surface area contributed by atoms with Crippen molar-refractivity contribution < 1.29 is 0 Å². The highest BCUT2D eigenvalue weighted by Crippen LogP contribution is 2.43. The Labute approximate surface area is 249 Å².